The number of allylic oxidation sites excluding steroid dienone is 1. The average molecular weight is 341 g/mol. The van der Waals surface area contributed by atoms with Crippen molar-refractivity contribution in [1.82, 2.24) is 0 Å². The second-order valence-electron chi connectivity index (χ2n) is 6.77. The van der Waals surface area contributed by atoms with Crippen molar-refractivity contribution >= 4 is 34.6 Å². The van der Waals surface area contributed by atoms with Crippen molar-refractivity contribution in [2.24, 2.45) is 0 Å². The van der Waals surface area contributed by atoms with Crippen LogP contribution in [-0.4, -0.2) is 11.6 Å². The molecule has 0 bridgehead atoms. The number of rotatable bonds is 1. The van der Waals surface area contributed by atoms with Gasteiger partial charge >= 0.3 is 6.03 Å². The maximum Gasteiger partial charge on any atom is 0.327 e. The molecule has 0 unspecified atom stereocenters. The molecule has 3 nitrogen and oxygen atoms in total. The Hall–Kier alpha value is -2.26. The Bertz CT molecular complexity index is 822. The van der Waals surface area contributed by atoms with Gasteiger partial charge in [0, 0.05) is 16.3 Å². The summed E-state index contributed by atoms with van der Waals surface area (Å²) in [6.07, 6.45) is 2.13. The summed E-state index contributed by atoms with van der Waals surface area (Å²) in [5, 5.41) is 3.61. The van der Waals surface area contributed by atoms with E-state index >= 15 is 0 Å². The Balaban J connectivity index is 2.00. The Labute approximate surface area is 147 Å². The maximum absolute atomic E-state index is 13.0. The number of hydrogen-bond donors (Lipinski definition) is 1. The maximum atomic E-state index is 13.0. The number of nitrogens with zero attached hydrogens (tertiary/aromatic N) is 1. The lowest BCUT2D eigenvalue weighted by Crippen LogP contribution is -2.50. The number of carbonyl (C=O) groups is 1. The van der Waals surface area contributed by atoms with Crippen LogP contribution in [0, 0.1) is 6.92 Å². The smallest absolute Gasteiger partial charge is 0.308 e. The molecule has 2 aromatic rings. The average Bonchev–Trinajstić information content (AvgIpc) is 2.48. The van der Waals surface area contributed by atoms with E-state index in [1.165, 1.54) is 5.57 Å². The van der Waals surface area contributed by atoms with Gasteiger partial charge in [0.15, 0.2) is 0 Å². The van der Waals surface area contributed by atoms with Crippen molar-refractivity contribution in [1.29, 1.82) is 0 Å². The minimum Gasteiger partial charge on any atom is -0.308 e. The second-order valence-corrected chi connectivity index (χ2v) is 7.21. The van der Waals surface area contributed by atoms with Crippen molar-refractivity contribution in [3.05, 3.63) is 64.7 Å². The summed E-state index contributed by atoms with van der Waals surface area (Å²) in [7, 11) is 0. The van der Waals surface area contributed by atoms with Crippen molar-refractivity contribution in [3.8, 4) is 0 Å². The molecule has 0 atom stereocenters. The molecule has 1 aliphatic rings. The molecular weight excluding hydrogens is 320 g/mol. The molecular formula is C20H21ClN2O. The van der Waals surface area contributed by atoms with E-state index in [-0.39, 0.29) is 6.03 Å². The van der Waals surface area contributed by atoms with Crippen LogP contribution in [0.3, 0.4) is 0 Å². The van der Waals surface area contributed by atoms with E-state index in [1.807, 2.05) is 25.7 Å². The molecule has 0 aliphatic carbocycles. The first-order valence-electron chi connectivity index (χ1n) is 7.95. The van der Waals surface area contributed by atoms with Crippen LogP contribution in [0.25, 0.3) is 5.57 Å². The van der Waals surface area contributed by atoms with E-state index in [1.54, 1.807) is 24.3 Å². The third-order valence-electron chi connectivity index (χ3n) is 4.26. The molecule has 0 spiro atoms. The van der Waals surface area contributed by atoms with E-state index in [9.17, 15) is 4.79 Å². The minimum absolute atomic E-state index is 0.155. The zero-order chi connectivity index (χ0) is 17.5. The van der Waals surface area contributed by atoms with Gasteiger partial charge in [-0.2, -0.15) is 0 Å². The molecule has 1 N–H and O–H groups in total. The van der Waals surface area contributed by atoms with Gasteiger partial charge < -0.3 is 5.32 Å². The van der Waals surface area contributed by atoms with Gasteiger partial charge in [0.05, 0.1) is 11.2 Å². The summed E-state index contributed by atoms with van der Waals surface area (Å²) >= 11 is 5.91. The fourth-order valence-electron chi connectivity index (χ4n) is 3.23. The van der Waals surface area contributed by atoms with Crippen LogP contribution in [0.5, 0.6) is 0 Å². The SMILES string of the molecule is CC1=CC(C)(C)N(C(=O)Nc2ccc(Cl)cc2)c2cc(C)ccc21. The third kappa shape index (κ3) is 3.04. The second kappa shape index (κ2) is 5.99. The first kappa shape index (κ1) is 16.6. The molecule has 2 amide bonds. The number of nitrogens with one attached hydrogen (secondary N) is 1. The zero-order valence-corrected chi connectivity index (χ0v) is 15.1. The molecule has 2 aromatic carbocycles. The van der Waals surface area contributed by atoms with Crippen molar-refractivity contribution in [3.63, 3.8) is 0 Å². The number of hydrogen-bond acceptors (Lipinski definition) is 1. The normalized spacial score (nSPS) is 15.5. The lowest BCUT2D eigenvalue weighted by atomic mass is 9.88. The number of halogens is 1. The number of urea groups is 1. The summed E-state index contributed by atoms with van der Waals surface area (Å²) in [4.78, 5) is 14.8. The molecule has 4 heteroatoms. The standard InChI is InChI=1S/C20H21ClN2O/c1-13-5-10-17-14(2)12-20(3,4)23(18(17)11-13)19(24)22-16-8-6-15(21)7-9-16/h5-12H,1-4H3,(H,22,24). The summed E-state index contributed by atoms with van der Waals surface area (Å²) in [6, 6.07) is 13.2. The zero-order valence-electron chi connectivity index (χ0n) is 14.4. The fraction of sp³-hybridized carbons (Fsp3) is 0.250. The van der Waals surface area contributed by atoms with Crippen LogP contribution in [0.15, 0.2) is 48.5 Å². The third-order valence-corrected chi connectivity index (χ3v) is 4.52. The fourth-order valence-corrected chi connectivity index (χ4v) is 3.35. The van der Waals surface area contributed by atoms with Gasteiger partial charge in [-0.1, -0.05) is 29.8 Å². The van der Waals surface area contributed by atoms with Crippen LogP contribution in [0.1, 0.15) is 31.9 Å². The van der Waals surface area contributed by atoms with Crippen LogP contribution >= 0.6 is 11.6 Å². The van der Waals surface area contributed by atoms with E-state index in [0.29, 0.717) is 5.02 Å². The van der Waals surface area contributed by atoms with Gasteiger partial charge in [0.25, 0.3) is 0 Å². The number of benzene rings is 2. The van der Waals surface area contributed by atoms with Gasteiger partial charge in [-0.3, -0.25) is 4.90 Å². The highest BCUT2D eigenvalue weighted by Crippen LogP contribution is 2.39. The van der Waals surface area contributed by atoms with Crippen LogP contribution in [-0.2, 0) is 0 Å². The van der Waals surface area contributed by atoms with Crippen LogP contribution in [0.2, 0.25) is 5.02 Å². The quantitative estimate of drug-likeness (QED) is 0.690. The molecule has 124 valence electrons. The highest BCUT2D eigenvalue weighted by molar-refractivity contribution is 6.30. The first-order chi connectivity index (χ1) is 11.3. The number of fused-ring (bicyclic) bond motifs is 1. The predicted molar refractivity (Wildman–Crippen MR) is 102 cm³/mol. The molecule has 1 heterocycles. The van der Waals surface area contributed by atoms with Crippen LogP contribution < -0.4 is 10.2 Å². The largest absolute Gasteiger partial charge is 0.327 e. The summed E-state index contributed by atoms with van der Waals surface area (Å²) in [5.41, 5.74) is 4.65. The molecule has 24 heavy (non-hydrogen) atoms. The Morgan fingerprint density at radius 2 is 1.75 bits per heavy atom. The van der Waals surface area contributed by atoms with E-state index in [0.717, 1.165) is 22.5 Å². The Morgan fingerprint density at radius 3 is 2.42 bits per heavy atom. The minimum atomic E-state index is -0.415. The van der Waals surface area contributed by atoms with Gasteiger partial charge in [-0.25, -0.2) is 4.79 Å². The molecule has 0 fully saturated rings. The number of carbonyl (C=O) groups excluding carboxylic acids is 1. The first-order valence-corrected chi connectivity index (χ1v) is 8.33. The van der Waals surface area contributed by atoms with Crippen molar-refractivity contribution in [2.45, 2.75) is 33.2 Å². The van der Waals surface area contributed by atoms with Crippen molar-refractivity contribution < 1.29 is 4.79 Å². The van der Waals surface area contributed by atoms with E-state index < -0.39 is 5.54 Å². The number of anilines is 2. The van der Waals surface area contributed by atoms with Gasteiger partial charge in [0.1, 0.15) is 0 Å². The highest BCUT2D eigenvalue weighted by Gasteiger charge is 2.35. The van der Waals surface area contributed by atoms with E-state index in [2.05, 4.69) is 36.5 Å². The molecule has 0 saturated heterocycles. The predicted octanol–water partition coefficient (Wildman–Crippen LogP) is 5.88. The van der Waals surface area contributed by atoms with E-state index in [4.69, 9.17) is 11.6 Å². The molecule has 1 aliphatic heterocycles. The summed E-state index contributed by atoms with van der Waals surface area (Å²) in [5.74, 6) is 0. The summed E-state index contributed by atoms with van der Waals surface area (Å²) in [6.45, 7) is 8.22. The molecule has 0 aromatic heterocycles. The number of aryl methyl sites for hydroxylation is 1. The Kier molecular flexibility index (Phi) is 4.14. The lowest BCUT2D eigenvalue weighted by molar-refractivity contribution is 0.253. The molecule has 0 radical (unpaired) electrons. The molecule has 0 saturated carbocycles. The molecule has 3 rings (SSSR count). The van der Waals surface area contributed by atoms with Crippen molar-refractivity contribution in [2.75, 3.05) is 10.2 Å². The number of amides is 2. The highest BCUT2D eigenvalue weighted by atomic mass is 35.5. The Morgan fingerprint density at radius 1 is 1.08 bits per heavy atom. The summed E-state index contributed by atoms with van der Waals surface area (Å²) < 4.78 is 0. The van der Waals surface area contributed by atoms with Gasteiger partial charge in [-0.05, 0) is 69.2 Å². The lowest BCUT2D eigenvalue weighted by Gasteiger charge is -2.41. The van der Waals surface area contributed by atoms with Gasteiger partial charge in [0.2, 0.25) is 0 Å². The monoisotopic (exact) mass is 340 g/mol. The van der Waals surface area contributed by atoms with Gasteiger partial charge in [-0.15, -0.1) is 0 Å². The topological polar surface area (TPSA) is 32.3 Å². The van der Waals surface area contributed by atoms with Crippen LogP contribution in [0.4, 0.5) is 16.2 Å².